The number of hydrogen-bond donors (Lipinski definition) is 2. The van der Waals surface area contributed by atoms with E-state index in [2.05, 4.69) is 4.72 Å². The van der Waals surface area contributed by atoms with Gasteiger partial charge < -0.3 is 5.73 Å². The van der Waals surface area contributed by atoms with Crippen LogP contribution in [-0.4, -0.2) is 15.0 Å². The summed E-state index contributed by atoms with van der Waals surface area (Å²) in [5, 5.41) is 0. The maximum atomic E-state index is 12.3. The third-order valence-corrected chi connectivity index (χ3v) is 5.06. The van der Waals surface area contributed by atoms with E-state index in [-0.39, 0.29) is 4.90 Å². The van der Waals surface area contributed by atoms with Crippen molar-refractivity contribution in [3.63, 3.8) is 0 Å². The van der Waals surface area contributed by atoms with E-state index in [1.807, 2.05) is 31.2 Å². The zero-order valence-electron chi connectivity index (χ0n) is 12.3. The fraction of sp³-hybridized carbons (Fsp3) is 0.250. The number of nitrogen functional groups attached to an aromatic ring is 1. The van der Waals surface area contributed by atoms with Gasteiger partial charge in [-0.3, -0.25) is 0 Å². The van der Waals surface area contributed by atoms with Crippen LogP contribution in [0.1, 0.15) is 16.7 Å². The molecule has 0 aliphatic carbocycles. The fourth-order valence-corrected chi connectivity index (χ4v) is 3.52. The molecule has 0 unspecified atom stereocenters. The third kappa shape index (κ3) is 3.83. The highest BCUT2D eigenvalue weighted by atomic mass is 32.2. The molecule has 0 saturated heterocycles. The molecule has 4 nitrogen and oxygen atoms in total. The molecule has 0 aromatic heterocycles. The Morgan fingerprint density at radius 2 is 1.76 bits per heavy atom. The number of hydrogen-bond acceptors (Lipinski definition) is 3. The van der Waals surface area contributed by atoms with Gasteiger partial charge in [0.05, 0.1) is 4.90 Å². The standard InChI is InChI=1S/C16H20N2O2S/c1-12-5-3-4-6-14(12)9-10-18-21(19,20)16-8-7-15(17)11-13(16)2/h3-8,11,18H,9-10,17H2,1-2H3. The van der Waals surface area contributed by atoms with Gasteiger partial charge in [0, 0.05) is 12.2 Å². The number of nitrogens with two attached hydrogens (primary N) is 1. The predicted molar refractivity (Wildman–Crippen MR) is 85.7 cm³/mol. The summed E-state index contributed by atoms with van der Waals surface area (Å²) in [5.74, 6) is 0. The van der Waals surface area contributed by atoms with E-state index < -0.39 is 10.0 Å². The molecular weight excluding hydrogens is 284 g/mol. The van der Waals surface area contributed by atoms with Gasteiger partial charge in [-0.05, 0) is 55.2 Å². The molecule has 112 valence electrons. The fourth-order valence-electron chi connectivity index (χ4n) is 2.26. The maximum absolute atomic E-state index is 12.3. The molecule has 2 rings (SSSR count). The summed E-state index contributed by atoms with van der Waals surface area (Å²) < 4.78 is 27.2. The van der Waals surface area contributed by atoms with Gasteiger partial charge in [-0.15, -0.1) is 0 Å². The minimum atomic E-state index is -3.50. The molecule has 0 amide bonds. The largest absolute Gasteiger partial charge is 0.399 e. The summed E-state index contributed by atoms with van der Waals surface area (Å²) in [6.07, 6.45) is 0.667. The summed E-state index contributed by atoms with van der Waals surface area (Å²) in [6.45, 7) is 4.14. The van der Waals surface area contributed by atoms with Gasteiger partial charge in [0.1, 0.15) is 0 Å². The maximum Gasteiger partial charge on any atom is 0.240 e. The monoisotopic (exact) mass is 304 g/mol. The molecule has 3 N–H and O–H groups in total. The molecule has 0 fully saturated rings. The van der Waals surface area contributed by atoms with E-state index in [9.17, 15) is 8.42 Å². The minimum absolute atomic E-state index is 0.279. The Hall–Kier alpha value is -1.85. The highest BCUT2D eigenvalue weighted by Crippen LogP contribution is 2.17. The molecule has 2 aromatic rings. The zero-order chi connectivity index (χ0) is 15.5. The molecule has 0 bridgehead atoms. The number of anilines is 1. The second kappa shape index (κ2) is 6.28. The van der Waals surface area contributed by atoms with Gasteiger partial charge in [0.25, 0.3) is 0 Å². The Morgan fingerprint density at radius 1 is 1.05 bits per heavy atom. The first-order valence-electron chi connectivity index (χ1n) is 6.80. The normalized spacial score (nSPS) is 11.5. The molecule has 5 heteroatoms. The van der Waals surface area contributed by atoms with Crippen LogP contribution in [0.2, 0.25) is 0 Å². The number of benzene rings is 2. The van der Waals surface area contributed by atoms with Crippen molar-refractivity contribution in [2.45, 2.75) is 25.2 Å². The van der Waals surface area contributed by atoms with Crippen LogP contribution in [0.5, 0.6) is 0 Å². The van der Waals surface area contributed by atoms with Crippen LogP contribution < -0.4 is 10.5 Å². The van der Waals surface area contributed by atoms with Gasteiger partial charge in [0.15, 0.2) is 0 Å². The van der Waals surface area contributed by atoms with Crippen molar-refractivity contribution in [1.29, 1.82) is 0 Å². The first kappa shape index (κ1) is 15.5. The van der Waals surface area contributed by atoms with Crippen LogP contribution in [0.15, 0.2) is 47.4 Å². The third-order valence-electron chi connectivity index (χ3n) is 3.44. The first-order chi connectivity index (χ1) is 9.90. The zero-order valence-corrected chi connectivity index (χ0v) is 13.1. The van der Waals surface area contributed by atoms with Crippen molar-refractivity contribution in [2.24, 2.45) is 0 Å². The lowest BCUT2D eigenvalue weighted by Gasteiger charge is -2.10. The highest BCUT2D eigenvalue weighted by Gasteiger charge is 2.16. The summed E-state index contributed by atoms with van der Waals surface area (Å²) in [5.41, 5.74) is 9.18. The number of nitrogens with one attached hydrogen (secondary N) is 1. The van der Waals surface area contributed by atoms with Gasteiger partial charge in [-0.2, -0.15) is 0 Å². The predicted octanol–water partition coefficient (Wildman–Crippen LogP) is 2.41. The molecule has 2 aromatic carbocycles. The van der Waals surface area contributed by atoms with E-state index in [0.717, 1.165) is 5.56 Å². The van der Waals surface area contributed by atoms with Gasteiger partial charge >= 0.3 is 0 Å². The van der Waals surface area contributed by atoms with Crippen LogP contribution in [0, 0.1) is 13.8 Å². The Balaban J connectivity index is 2.07. The van der Waals surface area contributed by atoms with Crippen molar-refractivity contribution in [1.82, 2.24) is 4.72 Å². The molecule has 0 spiro atoms. The quantitative estimate of drug-likeness (QED) is 0.833. The number of rotatable bonds is 5. The van der Waals surface area contributed by atoms with E-state index >= 15 is 0 Å². The summed E-state index contributed by atoms with van der Waals surface area (Å²) in [6, 6.07) is 12.8. The van der Waals surface area contributed by atoms with Gasteiger partial charge in [-0.25, -0.2) is 13.1 Å². The molecule has 0 saturated carbocycles. The SMILES string of the molecule is Cc1ccccc1CCNS(=O)(=O)c1ccc(N)cc1C. The lowest BCUT2D eigenvalue weighted by molar-refractivity contribution is 0.581. The van der Waals surface area contributed by atoms with Crippen LogP contribution in [0.4, 0.5) is 5.69 Å². The number of sulfonamides is 1. The van der Waals surface area contributed by atoms with Crippen LogP contribution in [-0.2, 0) is 16.4 Å². The smallest absolute Gasteiger partial charge is 0.240 e. The summed E-state index contributed by atoms with van der Waals surface area (Å²) in [4.78, 5) is 0.279. The van der Waals surface area contributed by atoms with Gasteiger partial charge in [0.2, 0.25) is 10.0 Å². The molecule has 0 heterocycles. The van der Waals surface area contributed by atoms with E-state index in [0.29, 0.717) is 24.2 Å². The van der Waals surface area contributed by atoms with Crippen molar-refractivity contribution in [3.05, 3.63) is 59.2 Å². The minimum Gasteiger partial charge on any atom is -0.399 e. The van der Waals surface area contributed by atoms with Crippen LogP contribution >= 0.6 is 0 Å². The second-order valence-corrected chi connectivity index (χ2v) is 6.83. The molecule has 0 aliphatic heterocycles. The second-order valence-electron chi connectivity index (χ2n) is 5.10. The summed E-state index contributed by atoms with van der Waals surface area (Å²) in [7, 11) is -3.50. The first-order valence-corrected chi connectivity index (χ1v) is 8.29. The summed E-state index contributed by atoms with van der Waals surface area (Å²) >= 11 is 0. The average molecular weight is 304 g/mol. The Bertz CT molecular complexity index is 740. The Morgan fingerprint density at radius 3 is 2.43 bits per heavy atom. The molecule has 0 aliphatic rings. The molecule has 0 atom stereocenters. The van der Waals surface area contributed by atoms with Crippen molar-refractivity contribution in [3.8, 4) is 0 Å². The lowest BCUT2D eigenvalue weighted by Crippen LogP contribution is -2.26. The Labute approximate surface area is 126 Å². The topological polar surface area (TPSA) is 72.2 Å². The van der Waals surface area contributed by atoms with E-state index in [1.165, 1.54) is 5.56 Å². The molecular formula is C16H20N2O2S. The lowest BCUT2D eigenvalue weighted by atomic mass is 10.1. The molecule has 0 radical (unpaired) electrons. The number of aryl methyl sites for hydroxylation is 2. The molecule has 21 heavy (non-hydrogen) atoms. The Kier molecular flexibility index (Phi) is 4.65. The van der Waals surface area contributed by atoms with Crippen molar-refractivity contribution >= 4 is 15.7 Å². The van der Waals surface area contributed by atoms with E-state index in [1.54, 1.807) is 25.1 Å². The highest BCUT2D eigenvalue weighted by molar-refractivity contribution is 7.89. The van der Waals surface area contributed by atoms with Crippen molar-refractivity contribution in [2.75, 3.05) is 12.3 Å². The van der Waals surface area contributed by atoms with Crippen LogP contribution in [0.25, 0.3) is 0 Å². The van der Waals surface area contributed by atoms with Crippen LogP contribution in [0.3, 0.4) is 0 Å². The van der Waals surface area contributed by atoms with Crippen molar-refractivity contribution < 1.29 is 8.42 Å². The average Bonchev–Trinajstić information content (AvgIpc) is 2.40. The van der Waals surface area contributed by atoms with Gasteiger partial charge in [-0.1, -0.05) is 24.3 Å². The van der Waals surface area contributed by atoms with E-state index in [4.69, 9.17) is 5.73 Å².